The van der Waals surface area contributed by atoms with Crippen molar-refractivity contribution in [2.24, 2.45) is 0 Å². The van der Waals surface area contributed by atoms with E-state index in [1.54, 1.807) is 4.90 Å². The maximum atomic E-state index is 12.9. The number of nitrogens with zero attached hydrogens (tertiary/aromatic N) is 1. The molecule has 0 fully saturated rings. The van der Waals surface area contributed by atoms with Crippen molar-refractivity contribution in [1.82, 2.24) is 9.88 Å². The highest BCUT2D eigenvalue weighted by molar-refractivity contribution is 6.31. The number of halogens is 4. The number of aromatic amines is 1. The quantitative estimate of drug-likeness (QED) is 0.578. The molecule has 0 saturated carbocycles. The number of alkyl halides is 3. The van der Waals surface area contributed by atoms with E-state index in [9.17, 15) is 18.0 Å². The molecule has 1 aliphatic rings. The summed E-state index contributed by atoms with van der Waals surface area (Å²) in [6.07, 6.45) is 0.00167. The summed E-state index contributed by atoms with van der Waals surface area (Å²) >= 11 is 6.10. The van der Waals surface area contributed by atoms with E-state index in [0.717, 1.165) is 34.2 Å². The first-order chi connectivity index (χ1) is 13.3. The van der Waals surface area contributed by atoms with Crippen LogP contribution in [0.25, 0.3) is 16.5 Å². The molecule has 0 bridgehead atoms. The van der Waals surface area contributed by atoms with Gasteiger partial charge in [0.25, 0.3) is 5.91 Å². The van der Waals surface area contributed by atoms with Gasteiger partial charge in [0.15, 0.2) is 0 Å². The predicted octanol–water partition coefficient (Wildman–Crippen LogP) is 5.77. The molecule has 0 atom stereocenters. The fourth-order valence-electron chi connectivity index (χ4n) is 3.47. The zero-order valence-electron chi connectivity index (χ0n) is 14.7. The van der Waals surface area contributed by atoms with Gasteiger partial charge in [-0.15, -0.1) is 0 Å². The number of hydrogen-bond donors (Lipinski definition) is 1. The smallest absolute Gasteiger partial charge is 0.361 e. The molecular formula is C21H16ClF3N2O. The standard InChI is InChI=1S/C21H16ClF3N2O/c22-16-4-5-19-17(11-16)18(12-26-19)13-6-8-27(9-7-13)20(28)14-2-1-3-15(10-14)21(23,24)25/h1-6,10-12,26H,7-9H2. The predicted molar refractivity (Wildman–Crippen MR) is 103 cm³/mol. The lowest BCUT2D eigenvalue weighted by atomic mass is 9.98. The maximum Gasteiger partial charge on any atom is 0.416 e. The van der Waals surface area contributed by atoms with E-state index in [-0.39, 0.29) is 5.56 Å². The van der Waals surface area contributed by atoms with Crippen LogP contribution in [0.1, 0.15) is 27.9 Å². The summed E-state index contributed by atoms with van der Waals surface area (Å²) in [6, 6.07) is 10.2. The number of amides is 1. The topological polar surface area (TPSA) is 36.1 Å². The molecule has 28 heavy (non-hydrogen) atoms. The second-order valence-electron chi connectivity index (χ2n) is 6.70. The van der Waals surface area contributed by atoms with E-state index in [4.69, 9.17) is 11.6 Å². The SMILES string of the molecule is O=C(c1cccc(C(F)(F)F)c1)N1CC=C(c2c[nH]c3ccc(Cl)cc23)CC1. The Bertz CT molecular complexity index is 1080. The fourth-order valence-corrected chi connectivity index (χ4v) is 3.64. The number of carbonyl (C=O) groups is 1. The molecular weight excluding hydrogens is 389 g/mol. The van der Waals surface area contributed by atoms with Crippen molar-refractivity contribution in [2.75, 3.05) is 13.1 Å². The van der Waals surface area contributed by atoms with Crippen molar-refractivity contribution in [2.45, 2.75) is 12.6 Å². The molecule has 0 spiro atoms. The molecule has 1 amide bonds. The summed E-state index contributed by atoms with van der Waals surface area (Å²) in [7, 11) is 0. The van der Waals surface area contributed by atoms with Gasteiger partial charge in [0.1, 0.15) is 0 Å². The van der Waals surface area contributed by atoms with Gasteiger partial charge in [-0.3, -0.25) is 4.79 Å². The highest BCUT2D eigenvalue weighted by Gasteiger charge is 2.31. The Labute approximate surface area is 164 Å². The molecule has 1 aliphatic heterocycles. The average molecular weight is 405 g/mol. The second kappa shape index (κ2) is 7.02. The van der Waals surface area contributed by atoms with Crippen LogP contribution in [-0.2, 0) is 6.18 Å². The average Bonchev–Trinajstić information content (AvgIpc) is 3.10. The lowest BCUT2D eigenvalue weighted by molar-refractivity contribution is -0.137. The van der Waals surface area contributed by atoms with E-state index in [2.05, 4.69) is 4.98 Å². The number of nitrogens with one attached hydrogen (secondary N) is 1. The summed E-state index contributed by atoms with van der Waals surface area (Å²) < 4.78 is 38.7. The van der Waals surface area contributed by atoms with Crippen LogP contribution in [0, 0.1) is 0 Å². The van der Waals surface area contributed by atoms with Gasteiger partial charge in [-0.05, 0) is 48.4 Å². The fraction of sp³-hybridized carbons (Fsp3) is 0.190. The van der Waals surface area contributed by atoms with E-state index in [1.165, 1.54) is 12.1 Å². The molecule has 7 heteroatoms. The summed E-state index contributed by atoms with van der Waals surface area (Å²) in [5.74, 6) is -0.400. The Morgan fingerprint density at radius 1 is 1.14 bits per heavy atom. The van der Waals surface area contributed by atoms with Crippen LogP contribution in [0.15, 0.2) is 54.7 Å². The third-order valence-corrected chi connectivity index (χ3v) is 5.16. The van der Waals surface area contributed by atoms with Crippen LogP contribution in [0.4, 0.5) is 13.2 Å². The van der Waals surface area contributed by atoms with Crippen molar-refractivity contribution in [3.8, 4) is 0 Å². The zero-order valence-corrected chi connectivity index (χ0v) is 15.4. The maximum absolute atomic E-state index is 12.9. The van der Waals surface area contributed by atoms with Crippen molar-refractivity contribution < 1.29 is 18.0 Å². The number of rotatable bonds is 2. The van der Waals surface area contributed by atoms with E-state index in [1.807, 2.05) is 30.5 Å². The molecule has 2 aromatic carbocycles. The zero-order chi connectivity index (χ0) is 19.9. The minimum absolute atomic E-state index is 0.0468. The van der Waals surface area contributed by atoms with E-state index < -0.39 is 17.6 Å². The molecule has 1 N–H and O–H groups in total. The Balaban J connectivity index is 1.55. The van der Waals surface area contributed by atoms with Gasteiger partial charge in [0.05, 0.1) is 5.56 Å². The van der Waals surface area contributed by atoms with E-state index >= 15 is 0 Å². The van der Waals surface area contributed by atoms with Crippen LogP contribution in [0.2, 0.25) is 5.02 Å². The summed E-state index contributed by atoms with van der Waals surface area (Å²) in [5.41, 5.74) is 2.32. The van der Waals surface area contributed by atoms with Crippen LogP contribution in [0.5, 0.6) is 0 Å². The van der Waals surface area contributed by atoms with E-state index in [0.29, 0.717) is 24.5 Å². The monoisotopic (exact) mass is 404 g/mol. The largest absolute Gasteiger partial charge is 0.416 e. The summed E-state index contributed by atoms with van der Waals surface area (Å²) in [6.45, 7) is 0.784. The normalized spacial score (nSPS) is 15.0. The molecule has 2 heterocycles. The molecule has 3 nitrogen and oxygen atoms in total. The molecule has 3 aromatic rings. The van der Waals surface area contributed by atoms with Gasteiger partial charge < -0.3 is 9.88 Å². The van der Waals surface area contributed by atoms with Gasteiger partial charge in [-0.25, -0.2) is 0 Å². The van der Waals surface area contributed by atoms with Crippen molar-refractivity contribution in [1.29, 1.82) is 0 Å². The Hall–Kier alpha value is -2.73. The minimum atomic E-state index is -4.47. The number of aromatic nitrogens is 1. The first-order valence-electron chi connectivity index (χ1n) is 8.75. The molecule has 0 unspecified atom stereocenters. The summed E-state index contributed by atoms with van der Waals surface area (Å²) in [5, 5.41) is 1.66. The lowest BCUT2D eigenvalue weighted by Gasteiger charge is -2.27. The van der Waals surface area contributed by atoms with Crippen molar-refractivity contribution >= 4 is 34.0 Å². The second-order valence-corrected chi connectivity index (χ2v) is 7.14. The van der Waals surface area contributed by atoms with Crippen LogP contribution < -0.4 is 0 Å². The van der Waals surface area contributed by atoms with Gasteiger partial charge in [0.2, 0.25) is 0 Å². The Morgan fingerprint density at radius 3 is 2.68 bits per heavy atom. The first-order valence-corrected chi connectivity index (χ1v) is 9.13. The highest BCUT2D eigenvalue weighted by Crippen LogP contribution is 2.32. The van der Waals surface area contributed by atoms with Crippen LogP contribution in [-0.4, -0.2) is 28.9 Å². The van der Waals surface area contributed by atoms with Gasteiger partial charge in [-0.1, -0.05) is 23.7 Å². The third kappa shape index (κ3) is 3.52. The number of carbonyl (C=O) groups excluding carboxylic acids is 1. The summed E-state index contributed by atoms with van der Waals surface area (Å²) in [4.78, 5) is 17.4. The number of hydrogen-bond acceptors (Lipinski definition) is 1. The highest BCUT2D eigenvalue weighted by atomic mass is 35.5. The van der Waals surface area contributed by atoms with Crippen LogP contribution in [0.3, 0.4) is 0 Å². The van der Waals surface area contributed by atoms with Gasteiger partial charge in [-0.2, -0.15) is 13.2 Å². The molecule has 4 rings (SSSR count). The first kappa shape index (κ1) is 18.6. The van der Waals surface area contributed by atoms with Gasteiger partial charge in [0, 0.05) is 46.3 Å². The van der Waals surface area contributed by atoms with Crippen molar-refractivity contribution in [3.05, 3.63) is 76.5 Å². The number of fused-ring (bicyclic) bond motifs is 1. The lowest BCUT2D eigenvalue weighted by Crippen LogP contribution is -2.34. The molecule has 0 saturated heterocycles. The molecule has 144 valence electrons. The van der Waals surface area contributed by atoms with Gasteiger partial charge >= 0.3 is 6.18 Å². The Morgan fingerprint density at radius 2 is 1.96 bits per heavy atom. The third-order valence-electron chi connectivity index (χ3n) is 4.92. The van der Waals surface area contributed by atoms with Crippen molar-refractivity contribution in [3.63, 3.8) is 0 Å². The minimum Gasteiger partial charge on any atom is -0.361 e. The molecule has 0 radical (unpaired) electrons. The van der Waals surface area contributed by atoms with Crippen LogP contribution >= 0.6 is 11.6 Å². The Kier molecular flexibility index (Phi) is 4.67. The molecule has 1 aromatic heterocycles. The molecule has 0 aliphatic carbocycles. The number of H-pyrrole nitrogens is 1. The number of benzene rings is 2.